The number of carboxylic acids is 1. The SMILES string of the molecule is O=C(Nc1cccc(-c2ccc(CN3CCCC3)cc2)c1)c1ccc(Cl)cc1.O=C(O)C(F)(F)F. The number of benzene rings is 3. The predicted molar refractivity (Wildman–Crippen MR) is 129 cm³/mol. The summed E-state index contributed by atoms with van der Waals surface area (Å²) in [6, 6.07) is 23.5. The molecule has 3 aromatic carbocycles. The van der Waals surface area contributed by atoms with Crippen LogP contribution < -0.4 is 5.32 Å². The largest absolute Gasteiger partial charge is 0.490 e. The third kappa shape index (κ3) is 8.12. The van der Waals surface area contributed by atoms with Crippen LogP contribution in [0.3, 0.4) is 0 Å². The normalized spacial score (nSPS) is 13.6. The molecule has 1 amide bonds. The van der Waals surface area contributed by atoms with Gasteiger partial charge < -0.3 is 10.4 Å². The number of nitrogens with one attached hydrogen (secondary N) is 1. The number of aliphatic carboxylic acids is 1. The molecule has 0 saturated carbocycles. The lowest BCUT2D eigenvalue weighted by atomic mass is 10.0. The highest BCUT2D eigenvalue weighted by molar-refractivity contribution is 6.30. The van der Waals surface area contributed by atoms with E-state index < -0.39 is 12.1 Å². The average Bonchev–Trinajstić information content (AvgIpc) is 3.33. The van der Waals surface area contributed by atoms with Gasteiger partial charge in [0.05, 0.1) is 0 Å². The van der Waals surface area contributed by atoms with Crippen molar-refractivity contribution in [2.75, 3.05) is 18.4 Å². The van der Waals surface area contributed by atoms with Crippen molar-refractivity contribution >= 4 is 29.2 Å². The summed E-state index contributed by atoms with van der Waals surface area (Å²) in [5.74, 6) is -2.90. The summed E-state index contributed by atoms with van der Waals surface area (Å²) in [6.45, 7) is 3.44. The van der Waals surface area contributed by atoms with Gasteiger partial charge in [0.15, 0.2) is 0 Å². The zero-order valence-electron chi connectivity index (χ0n) is 18.7. The molecule has 0 unspecified atom stereocenters. The molecule has 0 spiro atoms. The first kappa shape index (κ1) is 26.2. The summed E-state index contributed by atoms with van der Waals surface area (Å²) in [4.78, 5) is 23.8. The van der Waals surface area contributed by atoms with Gasteiger partial charge in [-0.2, -0.15) is 13.2 Å². The molecule has 1 aliphatic heterocycles. The topological polar surface area (TPSA) is 69.6 Å². The van der Waals surface area contributed by atoms with Crippen molar-refractivity contribution in [3.05, 3.63) is 88.9 Å². The minimum absolute atomic E-state index is 0.144. The Hall–Kier alpha value is -3.36. The molecular weight excluding hydrogens is 481 g/mol. The van der Waals surface area contributed by atoms with E-state index in [0.29, 0.717) is 10.6 Å². The molecule has 1 aliphatic rings. The zero-order valence-corrected chi connectivity index (χ0v) is 19.4. The van der Waals surface area contributed by atoms with E-state index in [1.807, 2.05) is 18.2 Å². The molecule has 184 valence electrons. The molecule has 5 nitrogen and oxygen atoms in total. The lowest BCUT2D eigenvalue weighted by molar-refractivity contribution is -0.192. The minimum atomic E-state index is -5.08. The Morgan fingerprint density at radius 2 is 1.51 bits per heavy atom. The molecule has 3 aromatic rings. The number of hydrogen-bond acceptors (Lipinski definition) is 3. The summed E-state index contributed by atoms with van der Waals surface area (Å²) in [6.07, 6.45) is -2.46. The fraction of sp³-hybridized carbons (Fsp3) is 0.231. The smallest absolute Gasteiger partial charge is 0.475 e. The molecule has 0 aromatic heterocycles. The van der Waals surface area contributed by atoms with Crippen LogP contribution in [0.25, 0.3) is 11.1 Å². The number of likely N-dealkylation sites (tertiary alicyclic amines) is 1. The van der Waals surface area contributed by atoms with Gasteiger partial charge in [0.25, 0.3) is 5.91 Å². The summed E-state index contributed by atoms with van der Waals surface area (Å²) in [5.41, 5.74) is 4.94. The fourth-order valence-corrected chi connectivity index (χ4v) is 3.71. The van der Waals surface area contributed by atoms with Crippen molar-refractivity contribution in [3.8, 4) is 11.1 Å². The van der Waals surface area contributed by atoms with E-state index >= 15 is 0 Å². The Balaban J connectivity index is 0.000000429. The standard InChI is InChI=1S/C24H23ClN2O.C2HF3O2/c25-22-12-10-20(11-13-22)24(28)26-23-5-3-4-21(16-23)19-8-6-18(7-9-19)17-27-14-1-2-15-27;3-2(4,5)1(6)7/h3-13,16H,1-2,14-15,17H2,(H,26,28);(H,6,7). The van der Waals surface area contributed by atoms with Crippen molar-refractivity contribution in [1.29, 1.82) is 0 Å². The van der Waals surface area contributed by atoms with Gasteiger partial charge in [0.1, 0.15) is 0 Å². The number of carbonyl (C=O) groups is 2. The third-order valence-electron chi connectivity index (χ3n) is 5.36. The molecule has 4 rings (SSSR count). The second kappa shape index (κ2) is 11.9. The molecule has 1 heterocycles. The summed E-state index contributed by atoms with van der Waals surface area (Å²) in [7, 11) is 0. The van der Waals surface area contributed by atoms with Crippen LogP contribution in [0, 0.1) is 0 Å². The first-order valence-electron chi connectivity index (χ1n) is 10.9. The number of rotatable bonds is 5. The van der Waals surface area contributed by atoms with Gasteiger partial charge in [0, 0.05) is 22.8 Å². The van der Waals surface area contributed by atoms with E-state index in [1.54, 1.807) is 24.3 Å². The molecule has 0 aliphatic carbocycles. The highest BCUT2D eigenvalue weighted by Crippen LogP contribution is 2.24. The quantitative estimate of drug-likeness (QED) is 0.417. The van der Waals surface area contributed by atoms with E-state index in [9.17, 15) is 18.0 Å². The number of alkyl halides is 3. The van der Waals surface area contributed by atoms with Crippen LogP contribution >= 0.6 is 11.6 Å². The summed E-state index contributed by atoms with van der Waals surface area (Å²) < 4.78 is 31.7. The monoisotopic (exact) mass is 504 g/mol. The van der Waals surface area contributed by atoms with Crippen LogP contribution in [-0.4, -0.2) is 41.1 Å². The zero-order chi connectivity index (χ0) is 25.4. The van der Waals surface area contributed by atoms with E-state index in [0.717, 1.165) is 23.4 Å². The van der Waals surface area contributed by atoms with Crippen molar-refractivity contribution in [2.24, 2.45) is 0 Å². The fourth-order valence-electron chi connectivity index (χ4n) is 3.58. The third-order valence-corrected chi connectivity index (χ3v) is 5.61. The molecule has 0 atom stereocenters. The Morgan fingerprint density at radius 1 is 0.914 bits per heavy atom. The minimum Gasteiger partial charge on any atom is -0.475 e. The van der Waals surface area contributed by atoms with E-state index in [2.05, 4.69) is 40.5 Å². The van der Waals surface area contributed by atoms with E-state index in [4.69, 9.17) is 21.5 Å². The number of anilines is 1. The van der Waals surface area contributed by atoms with Crippen LogP contribution in [0.15, 0.2) is 72.8 Å². The Morgan fingerprint density at radius 3 is 2.09 bits per heavy atom. The molecule has 0 radical (unpaired) electrons. The van der Waals surface area contributed by atoms with Gasteiger partial charge in [0.2, 0.25) is 0 Å². The van der Waals surface area contributed by atoms with Crippen LogP contribution in [-0.2, 0) is 11.3 Å². The average molecular weight is 505 g/mol. The van der Waals surface area contributed by atoms with Gasteiger partial charge in [-0.15, -0.1) is 0 Å². The molecule has 0 bridgehead atoms. The maximum Gasteiger partial charge on any atom is 0.490 e. The number of carboxylic acid groups (broad SMARTS) is 1. The highest BCUT2D eigenvalue weighted by atomic mass is 35.5. The van der Waals surface area contributed by atoms with Crippen molar-refractivity contribution in [1.82, 2.24) is 4.90 Å². The molecule has 9 heteroatoms. The molecule has 2 N–H and O–H groups in total. The number of carbonyl (C=O) groups excluding carboxylic acids is 1. The number of hydrogen-bond donors (Lipinski definition) is 2. The van der Waals surface area contributed by atoms with Crippen LogP contribution in [0.5, 0.6) is 0 Å². The Bertz CT molecular complexity index is 1140. The first-order chi connectivity index (χ1) is 16.6. The predicted octanol–water partition coefficient (Wildman–Crippen LogP) is 6.49. The van der Waals surface area contributed by atoms with Gasteiger partial charge >= 0.3 is 12.1 Å². The first-order valence-corrected chi connectivity index (χ1v) is 11.3. The molecule has 1 saturated heterocycles. The Kier molecular flexibility index (Phi) is 8.89. The van der Waals surface area contributed by atoms with Crippen LogP contribution in [0.4, 0.5) is 18.9 Å². The van der Waals surface area contributed by atoms with Crippen molar-refractivity contribution < 1.29 is 27.9 Å². The van der Waals surface area contributed by atoms with E-state index in [1.165, 1.54) is 31.5 Å². The lowest BCUT2D eigenvalue weighted by Gasteiger charge is -2.15. The summed E-state index contributed by atoms with van der Waals surface area (Å²) in [5, 5.41) is 10.7. The van der Waals surface area contributed by atoms with Gasteiger partial charge in [-0.1, -0.05) is 48.0 Å². The second-order valence-electron chi connectivity index (χ2n) is 8.02. The number of nitrogens with zero attached hydrogens (tertiary/aromatic N) is 1. The van der Waals surface area contributed by atoms with E-state index in [-0.39, 0.29) is 5.91 Å². The van der Waals surface area contributed by atoms with Gasteiger partial charge in [-0.3, -0.25) is 9.69 Å². The molecule has 1 fully saturated rings. The Labute approximate surface area is 206 Å². The van der Waals surface area contributed by atoms with Crippen LogP contribution in [0.2, 0.25) is 5.02 Å². The lowest BCUT2D eigenvalue weighted by Crippen LogP contribution is -2.21. The van der Waals surface area contributed by atoms with Crippen molar-refractivity contribution in [3.63, 3.8) is 0 Å². The maximum absolute atomic E-state index is 12.4. The van der Waals surface area contributed by atoms with Crippen molar-refractivity contribution in [2.45, 2.75) is 25.6 Å². The second-order valence-corrected chi connectivity index (χ2v) is 8.46. The highest BCUT2D eigenvalue weighted by Gasteiger charge is 2.38. The summed E-state index contributed by atoms with van der Waals surface area (Å²) >= 11 is 5.89. The van der Waals surface area contributed by atoms with Gasteiger partial charge in [-0.05, 0) is 79.0 Å². The molecule has 35 heavy (non-hydrogen) atoms. The number of amides is 1. The van der Waals surface area contributed by atoms with Gasteiger partial charge in [-0.25, -0.2) is 4.79 Å². The number of halogens is 4. The molecular formula is C26H24ClF3N2O3. The van der Waals surface area contributed by atoms with Crippen LogP contribution in [0.1, 0.15) is 28.8 Å². The maximum atomic E-state index is 12.4.